The number of amides is 1. The number of esters is 1. The number of fused-ring (bicyclic) bond motifs is 2. The number of carbonyl (C=O) groups excluding carboxylic acids is 2. The molecule has 0 radical (unpaired) electrons. The average Bonchev–Trinajstić information content (AvgIpc) is 3.33. The van der Waals surface area contributed by atoms with Crippen molar-refractivity contribution in [2.45, 2.75) is 13.5 Å². The highest BCUT2D eigenvalue weighted by molar-refractivity contribution is 7.19. The van der Waals surface area contributed by atoms with Crippen LogP contribution in [0.1, 0.15) is 20.9 Å². The first-order valence-electron chi connectivity index (χ1n) is 8.39. The summed E-state index contributed by atoms with van der Waals surface area (Å²) in [4.78, 5) is 25.4. The molecule has 2 aromatic heterocycles. The van der Waals surface area contributed by atoms with E-state index in [0.717, 1.165) is 15.8 Å². The zero-order valence-electron chi connectivity index (χ0n) is 14.9. The van der Waals surface area contributed by atoms with Crippen LogP contribution in [0.4, 0.5) is 0 Å². The SMILES string of the molecule is Cc1cc2c(cc(C(=O)OCC(=O)NCc3ccc4c(c3)OCO4)n2C)s1. The number of benzene rings is 1. The molecule has 1 aliphatic heterocycles. The van der Waals surface area contributed by atoms with E-state index in [2.05, 4.69) is 5.32 Å². The smallest absolute Gasteiger partial charge is 0.355 e. The number of rotatable bonds is 5. The zero-order chi connectivity index (χ0) is 19.0. The lowest BCUT2D eigenvalue weighted by molar-refractivity contribution is -0.124. The van der Waals surface area contributed by atoms with Gasteiger partial charge < -0.3 is 24.1 Å². The number of thiophene rings is 1. The molecule has 3 aromatic rings. The molecule has 0 spiro atoms. The summed E-state index contributed by atoms with van der Waals surface area (Å²) < 4.78 is 18.5. The largest absolute Gasteiger partial charge is 0.454 e. The van der Waals surface area contributed by atoms with Crippen molar-refractivity contribution < 1.29 is 23.8 Å². The maximum absolute atomic E-state index is 12.3. The first kappa shape index (κ1) is 17.4. The van der Waals surface area contributed by atoms with Gasteiger partial charge in [0.05, 0.1) is 10.2 Å². The van der Waals surface area contributed by atoms with Crippen molar-refractivity contribution in [3.8, 4) is 11.5 Å². The molecule has 4 rings (SSSR count). The van der Waals surface area contributed by atoms with Crippen molar-refractivity contribution in [3.05, 3.63) is 46.5 Å². The first-order chi connectivity index (χ1) is 13.0. The van der Waals surface area contributed by atoms with Gasteiger partial charge in [-0.25, -0.2) is 4.79 Å². The van der Waals surface area contributed by atoms with Crippen molar-refractivity contribution >= 4 is 33.4 Å². The molecule has 1 N–H and O–H groups in total. The van der Waals surface area contributed by atoms with E-state index in [1.54, 1.807) is 28.0 Å². The summed E-state index contributed by atoms with van der Waals surface area (Å²) in [5.41, 5.74) is 2.29. The molecule has 8 heteroatoms. The number of hydrogen-bond acceptors (Lipinski definition) is 6. The number of aromatic nitrogens is 1. The molecule has 0 saturated heterocycles. The fourth-order valence-electron chi connectivity index (χ4n) is 2.94. The van der Waals surface area contributed by atoms with Gasteiger partial charge in [0.25, 0.3) is 5.91 Å². The highest BCUT2D eigenvalue weighted by Gasteiger charge is 2.18. The Hall–Kier alpha value is -3.00. The lowest BCUT2D eigenvalue weighted by Gasteiger charge is -2.08. The Morgan fingerprint density at radius 2 is 2.04 bits per heavy atom. The summed E-state index contributed by atoms with van der Waals surface area (Å²) in [6, 6.07) is 9.27. The second kappa shape index (κ2) is 6.96. The van der Waals surface area contributed by atoms with Gasteiger partial charge in [0.1, 0.15) is 5.69 Å². The Bertz CT molecular complexity index is 1040. The van der Waals surface area contributed by atoms with Crippen LogP contribution in [0.25, 0.3) is 10.2 Å². The molecular weight excluding hydrogens is 368 g/mol. The third-order valence-corrected chi connectivity index (χ3v) is 5.31. The van der Waals surface area contributed by atoms with Crippen LogP contribution in [0.2, 0.25) is 0 Å². The van der Waals surface area contributed by atoms with Crippen LogP contribution in [0, 0.1) is 6.92 Å². The molecule has 1 aromatic carbocycles. The number of ether oxygens (including phenoxy) is 3. The van der Waals surface area contributed by atoms with E-state index in [4.69, 9.17) is 14.2 Å². The van der Waals surface area contributed by atoms with Gasteiger partial charge in [-0.05, 0) is 36.8 Å². The summed E-state index contributed by atoms with van der Waals surface area (Å²) in [7, 11) is 1.81. The number of hydrogen-bond donors (Lipinski definition) is 1. The zero-order valence-corrected chi connectivity index (χ0v) is 15.7. The van der Waals surface area contributed by atoms with Crippen molar-refractivity contribution in [2.24, 2.45) is 7.05 Å². The lowest BCUT2D eigenvalue weighted by atomic mass is 10.2. The molecule has 0 fully saturated rings. The van der Waals surface area contributed by atoms with Gasteiger partial charge in [-0.3, -0.25) is 4.79 Å². The molecule has 140 valence electrons. The fourth-order valence-corrected chi connectivity index (χ4v) is 3.93. The molecule has 0 aliphatic carbocycles. The van der Waals surface area contributed by atoms with Crippen LogP contribution in [-0.2, 0) is 23.1 Å². The van der Waals surface area contributed by atoms with E-state index in [-0.39, 0.29) is 19.3 Å². The van der Waals surface area contributed by atoms with E-state index < -0.39 is 5.97 Å². The summed E-state index contributed by atoms with van der Waals surface area (Å²) in [6.07, 6.45) is 0. The van der Waals surface area contributed by atoms with Crippen molar-refractivity contribution in [1.82, 2.24) is 9.88 Å². The quantitative estimate of drug-likeness (QED) is 0.682. The minimum atomic E-state index is -0.517. The third kappa shape index (κ3) is 3.48. The average molecular weight is 386 g/mol. The third-order valence-electron chi connectivity index (χ3n) is 4.32. The second-order valence-electron chi connectivity index (χ2n) is 6.24. The predicted molar refractivity (Wildman–Crippen MR) is 100 cm³/mol. The molecule has 1 amide bonds. The first-order valence-corrected chi connectivity index (χ1v) is 9.21. The maximum Gasteiger partial charge on any atom is 0.355 e. The van der Waals surface area contributed by atoms with Crippen molar-refractivity contribution in [3.63, 3.8) is 0 Å². The van der Waals surface area contributed by atoms with Crippen LogP contribution in [0.3, 0.4) is 0 Å². The fraction of sp³-hybridized carbons (Fsp3) is 0.263. The number of nitrogens with zero attached hydrogens (tertiary/aromatic N) is 1. The van der Waals surface area contributed by atoms with E-state index >= 15 is 0 Å². The van der Waals surface area contributed by atoms with Gasteiger partial charge in [-0.15, -0.1) is 11.3 Å². The maximum atomic E-state index is 12.3. The predicted octanol–water partition coefficient (Wildman–Crippen LogP) is 2.75. The number of nitrogens with one attached hydrogen (secondary N) is 1. The standard InChI is InChI=1S/C19H18N2O5S/c1-11-5-13-17(27-11)7-14(21(13)2)19(23)24-9-18(22)20-8-12-3-4-15-16(6-12)26-10-25-15/h3-7H,8-10H2,1-2H3,(H,20,22). The summed E-state index contributed by atoms with van der Waals surface area (Å²) in [6.45, 7) is 2.21. The molecule has 1 aliphatic rings. The van der Waals surface area contributed by atoms with Crippen LogP contribution in [-0.4, -0.2) is 29.8 Å². The van der Waals surface area contributed by atoms with Gasteiger partial charge in [0, 0.05) is 18.5 Å². The molecule has 7 nitrogen and oxygen atoms in total. The minimum Gasteiger partial charge on any atom is -0.454 e. The van der Waals surface area contributed by atoms with Gasteiger partial charge in [0.15, 0.2) is 18.1 Å². The normalized spacial score (nSPS) is 12.4. The van der Waals surface area contributed by atoms with Crippen molar-refractivity contribution in [1.29, 1.82) is 0 Å². The number of aryl methyl sites for hydroxylation is 2. The minimum absolute atomic E-state index is 0.206. The Kier molecular flexibility index (Phi) is 4.49. The van der Waals surface area contributed by atoms with E-state index in [1.165, 1.54) is 4.88 Å². The number of carbonyl (C=O) groups is 2. The van der Waals surface area contributed by atoms with Gasteiger partial charge in [-0.1, -0.05) is 6.07 Å². The summed E-state index contributed by atoms with van der Waals surface area (Å²) in [5.74, 6) is 0.466. The monoisotopic (exact) mass is 386 g/mol. The van der Waals surface area contributed by atoms with Crippen molar-refractivity contribution in [2.75, 3.05) is 13.4 Å². The van der Waals surface area contributed by atoms with Crippen LogP contribution in [0.5, 0.6) is 11.5 Å². The van der Waals surface area contributed by atoms with Gasteiger partial charge in [-0.2, -0.15) is 0 Å². The summed E-state index contributed by atoms with van der Waals surface area (Å²) in [5, 5.41) is 2.72. The van der Waals surface area contributed by atoms with Crippen LogP contribution in [0.15, 0.2) is 30.3 Å². The molecule has 3 heterocycles. The van der Waals surface area contributed by atoms with Crippen LogP contribution >= 0.6 is 11.3 Å². The van der Waals surface area contributed by atoms with E-state index in [0.29, 0.717) is 23.7 Å². The highest BCUT2D eigenvalue weighted by Crippen LogP contribution is 2.32. The topological polar surface area (TPSA) is 78.8 Å². The Labute approximate surface area is 159 Å². The van der Waals surface area contributed by atoms with Crippen LogP contribution < -0.4 is 14.8 Å². The highest BCUT2D eigenvalue weighted by atomic mass is 32.1. The Morgan fingerprint density at radius 1 is 1.22 bits per heavy atom. The Morgan fingerprint density at radius 3 is 2.85 bits per heavy atom. The molecule has 0 atom stereocenters. The Balaban J connectivity index is 1.31. The second-order valence-corrected chi connectivity index (χ2v) is 7.52. The van der Waals surface area contributed by atoms with Gasteiger partial charge >= 0.3 is 5.97 Å². The van der Waals surface area contributed by atoms with E-state index in [1.807, 2.05) is 32.2 Å². The van der Waals surface area contributed by atoms with Gasteiger partial charge in [0.2, 0.25) is 6.79 Å². The summed E-state index contributed by atoms with van der Waals surface area (Å²) >= 11 is 1.62. The molecule has 0 saturated carbocycles. The molecule has 0 unspecified atom stereocenters. The molecular formula is C19H18N2O5S. The van der Waals surface area contributed by atoms with E-state index in [9.17, 15) is 9.59 Å². The molecule has 27 heavy (non-hydrogen) atoms. The molecule has 0 bridgehead atoms. The lowest BCUT2D eigenvalue weighted by Crippen LogP contribution is -2.28.